The molecule has 0 spiro atoms. The zero-order chi connectivity index (χ0) is 13.8. The molecule has 0 aromatic heterocycles. The third-order valence-electron chi connectivity index (χ3n) is 3.39. The van der Waals surface area contributed by atoms with Crippen molar-refractivity contribution in [3.63, 3.8) is 0 Å². The number of likely N-dealkylation sites (tertiary alicyclic amines) is 1. The second-order valence-corrected chi connectivity index (χ2v) is 4.32. The fourth-order valence-corrected chi connectivity index (χ4v) is 2.33. The van der Waals surface area contributed by atoms with Gasteiger partial charge in [-0.3, -0.25) is 9.59 Å². The van der Waals surface area contributed by atoms with Crippen LogP contribution in [0.15, 0.2) is 0 Å². The summed E-state index contributed by atoms with van der Waals surface area (Å²) in [5.41, 5.74) is 3.99. The van der Waals surface area contributed by atoms with Crippen LogP contribution in [0.2, 0.25) is 0 Å². The fourth-order valence-electron chi connectivity index (χ4n) is 2.33. The van der Waals surface area contributed by atoms with Crippen molar-refractivity contribution in [2.24, 2.45) is 5.73 Å². The van der Waals surface area contributed by atoms with Crippen molar-refractivity contribution in [1.82, 2.24) is 10.2 Å². The molecule has 0 saturated carbocycles. The molecule has 18 heavy (non-hydrogen) atoms. The Balaban J connectivity index is 2.72. The molecule has 1 aliphatic rings. The van der Waals surface area contributed by atoms with Crippen LogP contribution in [0.4, 0.5) is 0 Å². The highest BCUT2D eigenvalue weighted by molar-refractivity contribution is 5.90. The largest absolute Gasteiger partial charge is 0.479 e. The highest BCUT2D eigenvalue weighted by atomic mass is 16.4. The lowest BCUT2D eigenvalue weighted by molar-refractivity contribution is -0.156. The van der Waals surface area contributed by atoms with E-state index in [1.807, 2.05) is 0 Å². The number of carbonyl (C=O) groups excluding carboxylic acids is 2. The number of aliphatic carboxylic acids is 1. The van der Waals surface area contributed by atoms with Crippen LogP contribution >= 0.6 is 0 Å². The van der Waals surface area contributed by atoms with Crippen LogP contribution in [-0.4, -0.2) is 53.0 Å². The first-order valence-corrected chi connectivity index (χ1v) is 5.98. The first-order valence-electron chi connectivity index (χ1n) is 5.98. The van der Waals surface area contributed by atoms with E-state index in [0.717, 1.165) is 0 Å². The molecule has 1 unspecified atom stereocenters. The summed E-state index contributed by atoms with van der Waals surface area (Å²) >= 11 is 0. The number of hydrogen-bond acceptors (Lipinski definition) is 4. The number of hydrogen-bond donors (Lipinski definition) is 3. The predicted molar refractivity (Wildman–Crippen MR) is 63.7 cm³/mol. The van der Waals surface area contributed by atoms with Crippen molar-refractivity contribution in [3.8, 4) is 0 Å². The van der Waals surface area contributed by atoms with Crippen molar-refractivity contribution in [2.45, 2.75) is 31.7 Å². The Morgan fingerprint density at radius 1 is 1.44 bits per heavy atom. The number of carbonyl (C=O) groups is 3. The normalized spacial score (nSPS) is 22.9. The summed E-state index contributed by atoms with van der Waals surface area (Å²) in [4.78, 5) is 35.6. The summed E-state index contributed by atoms with van der Waals surface area (Å²) in [6.45, 7) is 1.77. The summed E-state index contributed by atoms with van der Waals surface area (Å²) in [7, 11) is 0. The van der Waals surface area contributed by atoms with Gasteiger partial charge in [0, 0.05) is 6.54 Å². The average molecular weight is 257 g/mol. The second-order valence-electron chi connectivity index (χ2n) is 4.32. The van der Waals surface area contributed by atoms with Crippen LogP contribution in [0, 0.1) is 0 Å². The van der Waals surface area contributed by atoms with Gasteiger partial charge in [0.1, 0.15) is 5.54 Å². The third-order valence-corrected chi connectivity index (χ3v) is 3.39. The van der Waals surface area contributed by atoms with Crippen molar-refractivity contribution in [2.75, 3.05) is 19.6 Å². The number of nitrogens with zero attached hydrogens (tertiary/aromatic N) is 1. The Hall–Kier alpha value is -1.63. The molecule has 2 amide bonds. The lowest BCUT2D eigenvalue weighted by Crippen LogP contribution is -2.55. The predicted octanol–water partition coefficient (Wildman–Crippen LogP) is -1.08. The first-order chi connectivity index (χ1) is 8.47. The van der Waals surface area contributed by atoms with Gasteiger partial charge in [0.05, 0.1) is 13.1 Å². The van der Waals surface area contributed by atoms with Crippen LogP contribution in [0.5, 0.6) is 0 Å². The quantitative estimate of drug-likeness (QED) is 0.579. The van der Waals surface area contributed by atoms with Gasteiger partial charge in [-0.25, -0.2) is 4.79 Å². The van der Waals surface area contributed by atoms with E-state index in [-0.39, 0.29) is 19.0 Å². The molecule has 0 aromatic carbocycles. The van der Waals surface area contributed by atoms with Crippen molar-refractivity contribution in [1.29, 1.82) is 0 Å². The summed E-state index contributed by atoms with van der Waals surface area (Å²) < 4.78 is 0. The third kappa shape index (κ3) is 2.61. The molecule has 7 nitrogen and oxygen atoms in total. The van der Waals surface area contributed by atoms with E-state index in [1.54, 1.807) is 6.92 Å². The minimum absolute atomic E-state index is 0.189. The lowest BCUT2D eigenvalue weighted by atomic mass is 9.93. The number of nitrogens with one attached hydrogen (secondary N) is 1. The molecule has 0 bridgehead atoms. The van der Waals surface area contributed by atoms with Gasteiger partial charge in [0.25, 0.3) is 0 Å². The van der Waals surface area contributed by atoms with Crippen LogP contribution < -0.4 is 11.1 Å². The molecule has 1 saturated heterocycles. The van der Waals surface area contributed by atoms with E-state index < -0.39 is 17.4 Å². The Bertz CT molecular complexity index is 358. The fraction of sp³-hybridized carbons (Fsp3) is 0.727. The Kier molecular flexibility index (Phi) is 4.66. The first kappa shape index (κ1) is 14.4. The maximum absolute atomic E-state index is 12.0. The van der Waals surface area contributed by atoms with E-state index >= 15 is 0 Å². The monoisotopic (exact) mass is 257 g/mol. The number of carboxylic acid groups (broad SMARTS) is 1. The maximum Gasteiger partial charge on any atom is 0.329 e. The standard InChI is InChI=1S/C11H19N3O4/c1-2-11(10(17)18)4-3-5-14(11)9(16)7-13-8(15)6-12/h2-7,12H2,1H3,(H,13,15)(H,17,18). The van der Waals surface area contributed by atoms with Gasteiger partial charge >= 0.3 is 5.97 Å². The maximum atomic E-state index is 12.0. The molecule has 102 valence electrons. The highest BCUT2D eigenvalue weighted by Crippen LogP contribution is 2.32. The van der Waals surface area contributed by atoms with E-state index in [4.69, 9.17) is 5.73 Å². The molecule has 0 aromatic rings. The van der Waals surface area contributed by atoms with E-state index in [1.165, 1.54) is 4.90 Å². The van der Waals surface area contributed by atoms with Gasteiger partial charge in [0.2, 0.25) is 11.8 Å². The molecule has 1 fully saturated rings. The van der Waals surface area contributed by atoms with Gasteiger partial charge < -0.3 is 21.1 Å². The van der Waals surface area contributed by atoms with Gasteiger partial charge in [0.15, 0.2) is 0 Å². The molecule has 4 N–H and O–H groups in total. The van der Waals surface area contributed by atoms with E-state index in [9.17, 15) is 19.5 Å². The molecule has 7 heteroatoms. The van der Waals surface area contributed by atoms with Gasteiger partial charge in [-0.05, 0) is 19.3 Å². The topological polar surface area (TPSA) is 113 Å². The van der Waals surface area contributed by atoms with Crippen LogP contribution in [0.3, 0.4) is 0 Å². The minimum Gasteiger partial charge on any atom is -0.479 e. The molecule has 0 radical (unpaired) electrons. The molecule has 1 aliphatic heterocycles. The van der Waals surface area contributed by atoms with Crippen LogP contribution in [0.25, 0.3) is 0 Å². The summed E-state index contributed by atoms with van der Waals surface area (Å²) in [5.74, 6) is -1.79. The zero-order valence-electron chi connectivity index (χ0n) is 10.4. The molecule has 1 heterocycles. The van der Waals surface area contributed by atoms with Crippen molar-refractivity contribution >= 4 is 17.8 Å². The van der Waals surface area contributed by atoms with Crippen molar-refractivity contribution in [3.05, 3.63) is 0 Å². The lowest BCUT2D eigenvalue weighted by Gasteiger charge is -2.33. The average Bonchev–Trinajstić information content (AvgIpc) is 2.80. The number of nitrogens with two attached hydrogens (primary N) is 1. The summed E-state index contributed by atoms with van der Waals surface area (Å²) in [6, 6.07) is 0. The molecular formula is C11H19N3O4. The second kappa shape index (κ2) is 5.81. The van der Waals surface area contributed by atoms with Crippen LogP contribution in [-0.2, 0) is 14.4 Å². The number of rotatable bonds is 5. The van der Waals surface area contributed by atoms with Gasteiger partial charge in [-0.15, -0.1) is 0 Å². The molecule has 0 aliphatic carbocycles. The SMILES string of the molecule is CCC1(C(=O)O)CCCN1C(=O)CNC(=O)CN. The smallest absolute Gasteiger partial charge is 0.329 e. The number of carboxylic acids is 1. The van der Waals surface area contributed by atoms with Crippen LogP contribution in [0.1, 0.15) is 26.2 Å². The summed E-state index contributed by atoms with van der Waals surface area (Å²) in [5, 5.41) is 11.7. The zero-order valence-corrected chi connectivity index (χ0v) is 10.4. The highest BCUT2D eigenvalue weighted by Gasteiger charge is 2.48. The molecule has 1 atom stereocenters. The Morgan fingerprint density at radius 3 is 2.61 bits per heavy atom. The van der Waals surface area contributed by atoms with Gasteiger partial charge in [-0.1, -0.05) is 6.92 Å². The molecular weight excluding hydrogens is 238 g/mol. The Morgan fingerprint density at radius 2 is 2.11 bits per heavy atom. The molecule has 1 rings (SSSR count). The van der Waals surface area contributed by atoms with E-state index in [0.29, 0.717) is 25.8 Å². The number of amides is 2. The Labute approximate surface area is 105 Å². The van der Waals surface area contributed by atoms with Gasteiger partial charge in [-0.2, -0.15) is 0 Å². The van der Waals surface area contributed by atoms with Crippen molar-refractivity contribution < 1.29 is 19.5 Å². The van der Waals surface area contributed by atoms with E-state index in [2.05, 4.69) is 5.32 Å². The minimum atomic E-state index is -1.12. The summed E-state index contributed by atoms with van der Waals surface area (Å²) in [6.07, 6.45) is 1.48.